The number of nitro groups is 1. The molecule has 0 bridgehead atoms. The van der Waals surface area contributed by atoms with Gasteiger partial charge in [-0.05, 0) is 36.6 Å². The number of amides is 2. The fourth-order valence-electron chi connectivity index (χ4n) is 4.49. The number of aryl methyl sites for hydroxylation is 1. The number of sulfonamides is 1. The topological polar surface area (TPSA) is 130 Å². The van der Waals surface area contributed by atoms with E-state index in [4.69, 9.17) is 23.2 Å². The van der Waals surface area contributed by atoms with Gasteiger partial charge in [-0.3, -0.25) is 24.0 Å². The standard InChI is InChI=1S/C30H34Cl2N4O6S/c1-4-5-16-33-30(38)28(17-22-10-7-6-8-11-22)34(19-24-25(31)12-9-13-26(24)32)29(37)20-35(43(3,41)42)27-18-23(36(39)40)15-14-21(27)2/h6-15,18,28H,4-5,16-17,19-20H2,1-3H3,(H,33,38)/t28-/m1/s1. The second-order valence-electron chi connectivity index (χ2n) is 10.1. The van der Waals surface area contributed by atoms with Gasteiger partial charge >= 0.3 is 0 Å². The molecule has 0 aromatic heterocycles. The maximum absolute atomic E-state index is 14.2. The molecule has 3 rings (SSSR count). The summed E-state index contributed by atoms with van der Waals surface area (Å²) in [5.41, 5.74) is 1.21. The Morgan fingerprint density at radius 3 is 2.26 bits per heavy atom. The number of anilines is 1. The summed E-state index contributed by atoms with van der Waals surface area (Å²) in [5, 5.41) is 14.9. The van der Waals surface area contributed by atoms with E-state index >= 15 is 0 Å². The van der Waals surface area contributed by atoms with Crippen molar-refractivity contribution in [2.75, 3.05) is 23.7 Å². The third kappa shape index (κ3) is 9.16. The van der Waals surface area contributed by atoms with E-state index in [1.807, 2.05) is 37.3 Å². The van der Waals surface area contributed by atoms with Crippen LogP contribution < -0.4 is 9.62 Å². The number of carbonyl (C=O) groups is 2. The predicted octanol–water partition coefficient (Wildman–Crippen LogP) is 5.53. The average Bonchev–Trinajstić information content (AvgIpc) is 2.95. The Labute approximate surface area is 261 Å². The maximum Gasteiger partial charge on any atom is 0.271 e. The van der Waals surface area contributed by atoms with E-state index in [0.717, 1.165) is 35.0 Å². The van der Waals surface area contributed by atoms with E-state index in [1.54, 1.807) is 25.1 Å². The Morgan fingerprint density at radius 1 is 1.02 bits per heavy atom. The first kappa shape index (κ1) is 33.8. The van der Waals surface area contributed by atoms with E-state index in [2.05, 4.69) is 5.32 Å². The molecule has 230 valence electrons. The number of nitrogens with one attached hydrogen (secondary N) is 1. The number of halogens is 2. The van der Waals surface area contributed by atoms with Crippen LogP contribution in [0.2, 0.25) is 10.0 Å². The van der Waals surface area contributed by atoms with E-state index < -0.39 is 39.3 Å². The van der Waals surface area contributed by atoms with Crippen LogP contribution in [-0.2, 0) is 32.6 Å². The SMILES string of the molecule is CCCCNC(=O)[C@@H](Cc1ccccc1)N(Cc1c(Cl)cccc1Cl)C(=O)CN(c1cc([N+](=O)[O-])ccc1C)S(C)(=O)=O. The second-order valence-corrected chi connectivity index (χ2v) is 12.8. The Morgan fingerprint density at radius 2 is 1.67 bits per heavy atom. The first-order valence-electron chi connectivity index (χ1n) is 13.6. The molecule has 3 aromatic rings. The third-order valence-corrected chi connectivity index (χ3v) is 8.68. The van der Waals surface area contributed by atoms with Crippen molar-refractivity contribution in [1.82, 2.24) is 10.2 Å². The number of benzene rings is 3. The van der Waals surface area contributed by atoms with Crippen molar-refractivity contribution in [1.29, 1.82) is 0 Å². The quantitative estimate of drug-likeness (QED) is 0.139. The summed E-state index contributed by atoms with van der Waals surface area (Å²) in [4.78, 5) is 40.0. The minimum absolute atomic E-state index is 0.0206. The van der Waals surface area contributed by atoms with Gasteiger partial charge < -0.3 is 10.2 Å². The smallest absolute Gasteiger partial charge is 0.271 e. The highest BCUT2D eigenvalue weighted by Gasteiger charge is 2.34. The summed E-state index contributed by atoms with van der Waals surface area (Å²) in [6.07, 6.45) is 2.60. The van der Waals surface area contributed by atoms with Gasteiger partial charge in [0.15, 0.2) is 0 Å². The summed E-state index contributed by atoms with van der Waals surface area (Å²) in [6.45, 7) is 3.04. The van der Waals surface area contributed by atoms with Crippen LogP contribution in [0.15, 0.2) is 66.7 Å². The summed E-state index contributed by atoms with van der Waals surface area (Å²) < 4.78 is 26.9. The van der Waals surface area contributed by atoms with Gasteiger partial charge in [0, 0.05) is 47.3 Å². The largest absolute Gasteiger partial charge is 0.354 e. The van der Waals surface area contributed by atoms with E-state index in [1.165, 1.54) is 17.0 Å². The van der Waals surface area contributed by atoms with Crippen molar-refractivity contribution in [2.24, 2.45) is 0 Å². The molecule has 43 heavy (non-hydrogen) atoms. The van der Waals surface area contributed by atoms with Gasteiger partial charge in [-0.1, -0.05) is 79.0 Å². The van der Waals surface area contributed by atoms with Crippen molar-refractivity contribution in [3.8, 4) is 0 Å². The number of nitrogens with zero attached hydrogens (tertiary/aromatic N) is 3. The maximum atomic E-state index is 14.2. The Balaban J connectivity index is 2.13. The lowest BCUT2D eigenvalue weighted by molar-refractivity contribution is -0.384. The molecule has 0 aliphatic carbocycles. The number of nitro benzene ring substituents is 1. The molecule has 0 radical (unpaired) electrons. The highest BCUT2D eigenvalue weighted by molar-refractivity contribution is 7.92. The summed E-state index contributed by atoms with van der Waals surface area (Å²) in [7, 11) is -4.11. The molecule has 0 aliphatic heterocycles. The predicted molar refractivity (Wildman–Crippen MR) is 169 cm³/mol. The molecule has 0 spiro atoms. The number of hydrogen-bond donors (Lipinski definition) is 1. The minimum atomic E-state index is -4.11. The fraction of sp³-hybridized carbons (Fsp3) is 0.333. The molecule has 0 fully saturated rings. The van der Waals surface area contributed by atoms with Crippen LogP contribution in [0.5, 0.6) is 0 Å². The molecule has 0 aliphatic rings. The molecule has 13 heteroatoms. The monoisotopic (exact) mass is 648 g/mol. The van der Waals surface area contributed by atoms with Crippen molar-refractivity contribution in [2.45, 2.75) is 45.7 Å². The van der Waals surface area contributed by atoms with E-state index in [-0.39, 0.29) is 34.4 Å². The van der Waals surface area contributed by atoms with Crippen LogP contribution in [0.1, 0.15) is 36.5 Å². The molecule has 3 aromatic carbocycles. The van der Waals surface area contributed by atoms with Gasteiger partial charge in [0.05, 0.1) is 16.9 Å². The Hall–Kier alpha value is -3.67. The fourth-order valence-corrected chi connectivity index (χ4v) is 5.90. The zero-order valence-electron chi connectivity index (χ0n) is 24.1. The molecule has 0 saturated heterocycles. The van der Waals surface area contributed by atoms with Crippen molar-refractivity contribution in [3.63, 3.8) is 0 Å². The number of unbranched alkanes of at least 4 members (excludes halogenated alkanes) is 1. The first-order chi connectivity index (χ1) is 20.3. The van der Waals surface area contributed by atoms with Crippen molar-refractivity contribution >= 4 is 56.4 Å². The molecule has 2 amide bonds. The van der Waals surface area contributed by atoms with Crippen LogP contribution in [0, 0.1) is 17.0 Å². The Kier molecular flexibility index (Phi) is 11.9. The second kappa shape index (κ2) is 15.2. The van der Waals surface area contributed by atoms with Crippen LogP contribution in [0.25, 0.3) is 0 Å². The summed E-state index contributed by atoms with van der Waals surface area (Å²) in [5.74, 6) is -1.15. The van der Waals surface area contributed by atoms with Crippen LogP contribution in [0.4, 0.5) is 11.4 Å². The molecular formula is C30H34Cl2N4O6S. The number of rotatable bonds is 14. The molecule has 1 N–H and O–H groups in total. The molecule has 1 atom stereocenters. The molecule has 0 heterocycles. The molecular weight excluding hydrogens is 615 g/mol. The van der Waals surface area contributed by atoms with Crippen LogP contribution in [-0.4, -0.2) is 55.4 Å². The Bertz CT molecular complexity index is 1550. The number of carbonyl (C=O) groups excluding carboxylic acids is 2. The average molecular weight is 650 g/mol. The minimum Gasteiger partial charge on any atom is -0.354 e. The summed E-state index contributed by atoms with van der Waals surface area (Å²) in [6, 6.07) is 16.7. The molecule has 0 saturated carbocycles. The zero-order chi connectivity index (χ0) is 31.7. The zero-order valence-corrected chi connectivity index (χ0v) is 26.5. The van der Waals surface area contributed by atoms with Gasteiger partial charge in [0.25, 0.3) is 5.69 Å². The third-order valence-electron chi connectivity index (χ3n) is 6.84. The lowest BCUT2D eigenvalue weighted by Crippen LogP contribution is -2.53. The highest BCUT2D eigenvalue weighted by Crippen LogP contribution is 2.30. The molecule has 10 nitrogen and oxygen atoms in total. The van der Waals surface area contributed by atoms with Gasteiger partial charge in [-0.15, -0.1) is 0 Å². The van der Waals surface area contributed by atoms with E-state index in [9.17, 15) is 28.1 Å². The normalized spacial score (nSPS) is 11.9. The van der Waals surface area contributed by atoms with Gasteiger partial charge in [0.1, 0.15) is 12.6 Å². The van der Waals surface area contributed by atoms with Gasteiger partial charge in [-0.25, -0.2) is 8.42 Å². The van der Waals surface area contributed by atoms with Crippen molar-refractivity contribution < 1.29 is 22.9 Å². The number of hydrogen-bond acceptors (Lipinski definition) is 6. The lowest BCUT2D eigenvalue weighted by Gasteiger charge is -2.34. The van der Waals surface area contributed by atoms with Crippen LogP contribution >= 0.6 is 23.2 Å². The highest BCUT2D eigenvalue weighted by atomic mass is 35.5. The van der Waals surface area contributed by atoms with Gasteiger partial charge in [0.2, 0.25) is 21.8 Å². The van der Waals surface area contributed by atoms with Crippen LogP contribution in [0.3, 0.4) is 0 Å². The van der Waals surface area contributed by atoms with Gasteiger partial charge in [-0.2, -0.15) is 0 Å². The van der Waals surface area contributed by atoms with E-state index in [0.29, 0.717) is 17.7 Å². The lowest BCUT2D eigenvalue weighted by atomic mass is 10.0. The summed E-state index contributed by atoms with van der Waals surface area (Å²) >= 11 is 12.9. The molecule has 0 unspecified atom stereocenters. The first-order valence-corrected chi connectivity index (χ1v) is 16.2. The van der Waals surface area contributed by atoms with Crippen molar-refractivity contribution in [3.05, 3.63) is 104 Å². The number of non-ortho nitro benzene ring substituents is 1.